The Morgan fingerprint density at radius 1 is 1.11 bits per heavy atom. The van der Waals surface area contributed by atoms with E-state index in [1.165, 1.54) is 16.7 Å². The van der Waals surface area contributed by atoms with Crippen molar-refractivity contribution in [1.29, 1.82) is 0 Å². The summed E-state index contributed by atoms with van der Waals surface area (Å²) in [5.74, 6) is -0.156. The minimum atomic E-state index is -0.197. The zero-order valence-corrected chi connectivity index (χ0v) is 16.7. The first-order valence-electron chi connectivity index (χ1n) is 9.40. The largest absolute Gasteiger partial charge is 0.338 e. The molecule has 1 aliphatic carbocycles. The number of benzene rings is 1. The van der Waals surface area contributed by atoms with E-state index >= 15 is 0 Å². The maximum Gasteiger partial charge on any atom is 0.233 e. The molecule has 0 unspecified atom stereocenters. The summed E-state index contributed by atoms with van der Waals surface area (Å²) in [7, 11) is 0. The number of thiazole rings is 1. The lowest BCUT2D eigenvalue weighted by Crippen LogP contribution is -2.62. The molecule has 5 rings (SSSR count). The third-order valence-corrected chi connectivity index (χ3v) is 7.88. The topological polar surface area (TPSA) is 70.6 Å². The predicted molar refractivity (Wildman–Crippen MR) is 108 cm³/mol. The van der Waals surface area contributed by atoms with Crippen molar-refractivity contribution in [3.63, 3.8) is 0 Å². The van der Waals surface area contributed by atoms with Gasteiger partial charge in [-0.3, -0.25) is 19.3 Å². The van der Waals surface area contributed by atoms with E-state index in [0.29, 0.717) is 31.7 Å². The number of para-hydroxylation sites is 1. The third-order valence-electron chi connectivity index (χ3n) is 5.72. The van der Waals surface area contributed by atoms with Crippen LogP contribution in [0.3, 0.4) is 0 Å². The van der Waals surface area contributed by atoms with Gasteiger partial charge in [0.15, 0.2) is 4.34 Å². The van der Waals surface area contributed by atoms with E-state index in [2.05, 4.69) is 4.98 Å². The fraction of sp³-hybridized carbons (Fsp3) is 0.400. The summed E-state index contributed by atoms with van der Waals surface area (Å²) in [6.45, 7) is 0.896. The number of allylic oxidation sites excluding steroid dienone is 2. The van der Waals surface area contributed by atoms with E-state index in [9.17, 15) is 14.4 Å². The van der Waals surface area contributed by atoms with Crippen molar-refractivity contribution in [1.82, 2.24) is 14.8 Å². The number of aromatic nitrogens is 1. The van der Waals surface area contributed by atoms with Crippen LogP contribution in [0.5, 0.6) is 0 Å². The van der Waals surface area contributed by atoms with Gasteiger partial charge in [0.25, 0.3) is 0 Å². The molecule has 2 aliphatic heterocycles. The van der Waals surface area contributed by atoms with Crippen LogP contribution in [0.1, 0.15) is 12.8 Å². The highest BCUT2D eigenvalue weighted by molar-refractivity contribution is 8.01. The van der Waals surface area contributed by atoms with Gasteiger partial charge in [0, 0.05) is 13.1 Å². The van der Waals surface area contributed by atoms with Crippen molar-refractivity contribution in [3.05, 3.63) is 36.4 Å². The molecule has 2 aromatic rings. The molecule has 0 bridgehead atoms. The number of amides is 3. The Morgan fingerprint density at radius 3 is 2.46 bits per heavy atom. The molecule has 3 amide bonds. The number of carbonyl (C=O) groups excluding carboxylic acids is 3. The summed E-state index contributed by atoms with van der Waals surface area (Å²) in [4.78, 5) is 45.4. The van der Waals surface area contributed by atoms with E-state index in [4.69, 9.17) is 0 Å². The molecule has 0 radical (unpaired) electrons. The predicted octanol–water partition coefficient (Wildman–Crippen LogP) is 2.55. The van der Waals surface area contributed by atoms with Crippen LogP contribution in [0.2, 0.25) is 0 Å². The molecule has 144 valence electrons. The van der Waals surface area contributed by atoms with Crippen LogP contribution < -0.4 is 0 Å². The fourth-order valence-corrected chi connectivity index (χ4v) is 6.11. The highest BCUT2D eigenvalue weighted by Crippen LogP contribution is 2.37. The summed E-state index contributed by atoms with van der Waals surface area (Å²) in [5, 5.41) is 0. The van der Waals surface area contributed by atoms with Gasteiger partial charge in [0.2, 0.25) is 17.7 Å². The molecule has 8 heteroatoms. The minimum Gasteiger partial charge on any atom is -0.338 e. The second-order valence-corrected chi connectivity index (χ2v) is 9.64. The Kier molecular flexibility index (Phi) is 4.47. The van der Waals surface area contributed by atoms with Crippen LogP contribution in [-0.2, 0) is 14.4 Å². The first kappa shape index (κ1) is 17.9. The standard InChI is InChI=1S/C20H19N3O3S2/c24-17(11-27-20-21-15-7-3-4-8-16(15)28-20)22-9-12(10-22)23-18(25)13-5-1-2-6-14(13)19(23)26/h1-4,7-8,12-14H,5-6,9-11H2/t13-,14-/m1/s1. The molecule has 3 heterocycles. The van der Waals surface area contributed by atoms with Gasteiger partial charge in [-0.2, -0.15) is 0 Å². The minimum absolute atomic E-state index is 0.0266. The molecule has 2 atom stereocenters. The van der Waals surface area contributed by atoms with Crippen molar-refractivity contribution < 1.29 is 14.4 Å². The molecule has 1 aromatic carbocycles. The van der Waals surface area contributed by atoms with E-state index in [-0.39, 0.29) is 35.6 Å². The number of imide groups is 1. The van der Waals surface area contributed by atoms with E-state index < -0.39 is 0 Å². The molecule has 3 aliphatic rings. The zero-order valence-electron chi connectivity index (χ0n) is 15.1. The van der Waals surface area contributed by atoms with Crippen LogP contribution >= 0.6 is 23.1 Å². The Hall–Kier alpha value is -2.19. The third kappa shape index (κ3) is 2.95. The van der Waals surface area contributed by atoms with Gasteiger partial charge in [0.05, 0.1) is 33.8 Å². The van der Waals surface area contributed by atoms with Crippen LogP contribution in [0, 0.1) is 11.8 Å². The van der Waals surface area contributed by atoms with Crippen molar-refractivity contribution in [3.8, 4) is 0 Å². The van der Waals surface area contributed by atoms with Crippen molar-refractivity contribution >= 4 is 51.0 Å². The summed E-state index contributed by atoms with van der Waals surface area (Å²) in [6, 6.07) is 7.76. The molecule has 1 aromatic heterocycles. The smallest absolute Gasteiger partial charge is 0.233 e. The number of thioether (sulfide) groups is 1. The van der Waals surface area contributed by atoms with Gasteiger partial charge in [0.1, 0.15) is 0 Å². The van der Waals surface area contributed by atoms with E-state index in [0.717, 1.165) is 14.6 Å². The SMILES string of the molecule is O=C(CSc1nc2ccccc2s1)N1CC(N2C(=O)[C@@H]3CC=CC[C@H]3C2=O)C1. The monoisotopic (exact) mass is 413 g/mol. The first-order valence-corrected chi connectivity index (χ1v) is 11.2. The molecule has 2 saturated heterocycles. The molecule has 6 nitrogen and oxygen atoms in total. The van der Waals surface area contributed by atoms with Gasteiger partial charge in [-0.1, -0.05) is 36.0 Å². The molecule has 0 spiro atoms. The zero-order chi connectivity index (χ0) is 19.3. The molecular weight excluding hydrogens is 394 g/mol. The van der Waals surface area contributed by atoms with Gasteiger partial charge in [-0.25, -0.2) is 4.98 Å². The Labute approximate surface area is 170 Å². The molecule has 28 heavy (non-hydrogen) atoms. The summed E-state index contributed by atoms with van der Waals surface area (Å²) >= 11 is 3.03. The number of likely N-dealkylation sites (tertiary alicyclic amines) is 2. The number of nitrogens with zero attached hydrogens (tertiary/aromatic N) is 3. The summed E-state index contributed by atoms with van der Waals surface area (Å²) in [5.41, 5.74) is 0.952. The van der Waals surface area contributed by atoms with E-state index in [1.54, 1.807) is 16.2 Å². The molecule has 2 fully saturated rings. The van der Waals surface area contributed by atoms with Gasteiger partial charge in [-0.05, 0) is 25.0 Å². The molecular formula is C20H19N3O3S2. The van der Waals surface area contributed by atoms with Crippen LogP contribution in [0.25, 0.3) is 10.2 Å². The lowest BCUT2D eigenvalue weighted by molar-refractivity contribution is -0.151. The average molecular weight is 414 g/mol. The number of fused-ring (bicyclic) bond motifs is 2. The highest BCUT2D eigenvalue weighted by atomic mass is 32.2. The van der Waals surface area contributed by atoms with Crippen LogP contribution in [0.4, 0.5) is 0 Å². The Balaban J connectivity index is 1.16. The second kappa shape index (κ2) is 7.00. The average Bonchev–Trinajstić information content (AvgIpc) is 3.20. The highest BCUT2D eigenvalue weighted by Gasteiger charge is 2.52. The maximum absolute atomic E-state index is 12.6. The quantitative estimate of drug-likeness (QED) is 0.438. The Morgan fingerprint density at radius 2 is 1.79 bits per heavy atom. The molecule has 0 saturated carbocycles. The van der Waals surface area contributed by atoms with Crippen molar-refractivity contribution in [2.45, 2.75) is 23.2 Å². The fourth-order valence-electron chi connectivity index (χ4n) is 4.14. The first-order chi connectivity index (χ1) is 13.6. The van der Waals surface area contributed by atoms with Gasteiger partial charge >= 0.3 is 0 Å². The number of rotatable bonds is 4. The van der Waals surface area contributed by atoms with Crippen LogP contribution in [0.15, 0.2) is 40.8 Å². The van der Waals surface area contributed by atoms with Gasteiger partial charge < -0.3 is 4.90 Å². The lowest BCUT2D eigenvalue weighted by Gasteiger charge is -2.43. The van der Waals surface area contributed by atoms with Crippen molar-refractivity contribution in [2.75, 3.05) is 18.8 Å². The Bertz CT molecular complexity index is 936. The number of hydrogen-bond donors (Lipinski definition) is 0. The number of hydrogen-bond acceptors (Lipinski definition) is 6. The molecule has 0 N–H and O–H groups in total. The lowest BCUT2D eigenvalue weighted by atomic mass is 9.85. The summed E-state index contributed by atoms with van der Waals surface area (Å²) in [6.07, 6.45) is 5.29. The second-order valence-electron chi connectivity index (χ2n) is 7.39. The van der Waals surface area contributed by atoms with E-state index in [1.807, 2.05) is 36.4 Å². The van der Waals surface area contributed by atoms with Gasteiger partial charge in [-0.15, -0.1) is 11.3 Å². The summed E-state index contributed by atoms with van der Waals surface area (Å²) < 4.78 is 2.00. The maximum atomic E-state index is 12.6. The van der Waals surface area contributed by atoms with Crippen molar-refractivity contribution in [2.24, 2.45) is 11.8 Å². The number of carbonyl (C=O) groups is 3. The normalized spacial score (nSPS) is 24.7. The van der Waals surface area contributed by atoms with Crippen LogP contribution in [-0.4, -0.2) is 57.4 Å².